The van der Waals surface area contributed by atoms with Crippen LogP contribution in [-0.4, -0.2) is 74.0 Å². The summed E-state index contributed by atoms with van der Waals surface area (Å²) in [5, 5.41) is 18.1. The van der Waals surface area contributed by atoms with Crippen LogP contribution in [0.2, 0.25) is 0 Å². The third kappa shape index (κ3) is 4.27. The highest BCUT2D eigenvalue weighted by Gasteiger charge is 2.46. The molecule has 0 saturated heterocycles. The quantitative estimate of drug-likeness (QED) is 0.238. The number of hydrogen-bond acceptors (Lipinski definition) is 10. The Hall–Kier alpha value is -2.20. The molecule has 0 spiro atoms. The zero-order chi connectivity index (χ0) is 22.6. The van der Waals surface area contributed by atoms with Crippen molar-refractivity contribution in [3.63, 3.8) is 0 Å². The van der Waals surface area contributed by atoms with Gasteiger partial charge in [-0.3, -0.25) is 18.2 Å². The Morgan fingerprint density at radius 1 is 0.464 bits per heavy atom. The predicted octanol–water partition coefficient (Wildman–Crippen LogP) is -1.93. The Bertz CT molecular complexity index is 1130. The molecule has 28 heavy (non-hydrogen) atoms. The van der Waals surface area contributed by atoms with Gasteiger partial charge >= 0.3 is 11.9 Å². The Morgan fingerprint density at radius 2 is 0.607 bits per heavy atom. The predicted molar refractivity (Wildman–Crippen MR) is 79.6 cm³/mol. The van der Waals surface area contributed by atoms with Gasteiger partial charge in [0, 0.05) is 0 Å². The minimum absolute atomic E-state index is 2.49. The molecule has 0 atom stereocenters. The zero-order valence-corrected chi connectivity index (χ0v) is 15.7. The van der Waals surface area contributed by atoms with Gasteiger partial charge in [0.05, 0.1) is 0 Å². The molecule has 0 aliphatic rings. The van der Waals surface area contributed by atoms with Crippen LogP contribution in [0.5, 0.6) is 0 Å². The van der Waals surface area contributed by atoms with Crippen molar-refractivity contribution in [3.8, 4) is 0 Å². The van der Waals surface area contributed by atoms with Gasteiger partial charge in [-0.25, -0.2) is 9.59 Å². The molecule has 1 aromatic carbocycles. The fourth-order valence-corrected chi connectivity index (χ4v) is 6.56. The van der Waals surface area contributed by atoms with Crippen LogP contribution in [0.25, 0.3) is 0 Å². The van der Waals surface area contributed by atoms with Gasteiger partial charge in [0.2, 0.25) is 0 Å². The molecule has 0 fully saturated rings. The van der Waals surface area contributed by atoms with Crippen molar-refractivity contribution in [3.05, 3.63) is 11.1 Å². The molecular weight excluding hydrogens is 480 g/mol. The third-order valence-electron chi connectivity index (χ3n) is 2.78. The van der Waals surface area contributed by atoms with E-state index in [-0.39, 0.29) is 0 Å². The molecular formula is C8H6O16S4. The van der Waals surface area contributed by atoms with Crippen LogP contribution in [0.1, 0.15) is 20.7 Å². The first-order valence-corrected chi connectivity index (χ1v) is 11.5. The van der Waals surface area contributed by atoms with E-state index in [1.165, 1.54) is 0 Å². The van der Waals surface area contributed by atoms with Crippen molar-refractivity contribution < 1.29 is 71.7 Å². The molecule has 0 aliphatic heterocycles. The second-order valence-electron chi connectivity index (χ2n) is 4.58. The van der Waals surface area contributed by atoms with Crippen molar-refractivity contribution >= 4 is 52.4 Å². The lowest BCUT2D eigenvalue weighted by molar-refractivity contribution is 0.0664. The topological polar surface area (TPSA) is 292 Å². The molecule has 0 bridgehead atoms. The molecule has 1 aromatic rings. The molecule has 16 nitrogen and oxygen atoms in total. The largest absolute Gasteiger partial charge is 0.478 e. The maximum absolute atomic E-state index is 11.5. The first kappa shape index (κ1) is 23.8. The number of rotatable bonds is 6. The molecule has 20 heteroatoms. The van der Waals surface area contributed by atoms with Crippen molar-refractivity contribution in [1.29, 1.82) is 0 Å². The molecule has 0 amide bonds. The summed E-state index contributed by atoms with van der Waals surface area (Å²) >= 11 is 0. The highest BCUT2D eigenvalue weighted by molar-refractivity contribution is 7.90. The highest BCUT2D eigenvalue weighted by atomic mass is 32.2. The van der Waals surface area contributed by atoms with Gasteiger partial charge in [-0.05, 0) is 0 Å². The van der Waals surface area contributed by atoms with E-state index < -0.39 is 83.1 Å². The summed E-state index contributed by atoms with van der Waals surface area (Å²) in [5.74, 6) is -5.65. The average Bonchev–Trinajstić information content (AvgIpc) is 2.39. The Labute approximate surface area is 155 Å². The van der Waals surface area contributed by atoms with Crippen molar-refractivity contribution in [2.24, 2.45) is 0 Å². The van der Waals surface area contributed by atoms with E-state index in [1.54, 1.807) is 0 Å². The molecule has 158 valence electrons. The third-order valence-corrected chi connectivity index (χ3v) is 6.74. The standard InChI is InChI=1S/C8H6O16S4/c9-7(10)1-3(25(13,14)15)5(27(19,20)21)2(8(11)12)6(28(22,23)24)4(1)26(16,17)18/h(H,9,10)(H,11,12)(H,13,14,15)(H,16,17,18)(H,19,20,21)(H,22,23,24). The number of benzene rings is 1. The number of carbonyl (C=O) groups is 2. The van der Waals surface area contributed by atoms with Crippen molar-refractivity contribution in [1.82, 2.24) is 0 Å². The van der Waals surface area contributed by atoms with Crippen LogP contribution < -0.4 is 0 Å². The number of carboxylic acids is 2. The normalized spacial score (nSPS) is 13.3. The van der Waals surface area contributed by atoms with E-state index in [1.807, 2.05) is 0 Å². The van der Waals surface area contributed by atoms with Gasteiger partial charge in [0.25, 0.3) is 40.5 Å². The SMILES string of the molecule is O=C(O)c1c(S(=O)(=O)O)c(S(=O)(=O)O)c(C(=O)O)c(S(=O)(=O)O)c1S(=O)(=O)O. The van der Waals surface area contributed by atoms with Crippen LogP contribution in [0.15, 0.2) is 19.6 Å². The highest BCUT2D eigenvalue weighted by Crippen LogP contribution is 2.39. The van der Waals surface area contributed by atoms with E-state index in [4.69, 9.17) is 28.4 Å². The van der Waals surface area contributed by atoms with E-state index >= 15 is 0 Å². The maximum atomic E-state index is 11.5. The van der Waals surface area contributed by atoms with Crippen molar-refractivity contribution in [2.75, 3.05) is 0 Å². The molecule has 6 N–H and O–H groups in total. The van der Waals surface area contributed by atoms with Crippen molar-refractivity contribution in [2.45, 2.75) is 19.6 Å². The Morgan fingerprint density at radius 3 is 0.679 bits per heavy atom. The molecule has 0 unspecified atom stereocenters. The summed E-state index contributed by atoms with van der Waals surface area (Å²) in [6.07, 6.45) is 0. The minimum atomic E-state index is -6.23. The van der Waals surface area contributed by atoms with Crippen LogP contribution >= 0.6 is 0 Å². The number of carboxylic acid groups (broad SMARTS) is 2. The van der Waals surface area contributed by atoms with Gasteiger partial charge in [-0.1, -0.05) is 0 Å². The van der Waals surface area contributed by atoms with Crippen LogP contribution in [-0.2, 0) is 40.5 Å². The van der Waals surface area contributed by atoms with E-state index in [0.717, 1.165) is 0 Å². The molecule has 0 radical (unpaired) electrons. The summed E-state index contributed by atoms with van der Waals surface area (Å²) in [6, 6.07) is 0. The summed E-state index contributed by atoms with van der Waals surface area (Å²) in [5.41, 5.74) is -4.98. The maximum Gasteiger partial charge on any atom is 0.338 e. The number of hydrogen-bond donors (Lipinski definition) is 6. The lowest BCUT2D eigenvalue weighted by atomic mass is 10.1. The molecule has 0 saturated carbocycles. The fourth-order valence-electron chi connectivity index (χ4n) is 2.03. The Kier molecular flexibility index (Phi) is 5.70. The molecule has 0 heterocycles. The van der Waals surface area contributed by atoms with Gasteiger partial charge in [0.15, 0.2) is 0 Å². The number of aromatic carboxylic acids is 2. The van der Waals surface area contributed by atoms with Crippen LogP contribution in [0.3, 0.4) is 0 Å². The molecule has 0 aromatic heterocycles. The van der Waals surface area contributed by atoms with E-state index in [9.17, 15) is 43.3 Å². The zero-order valence-electron chi connectivity index (χ0n) is 12.4. The summed E-state index contributed by atoms with van der Waals surface area (Å²) < 4.78 is 128. The fraction of sp³-hybridized carbons (Fsp3) is 0. The smallest absolute Gasteiger partial charge is 0.338 e. The lowest BCUT2D eigenvalue weighted by Gasteiger charge is -2.17. The van der Waals surface area contributed by atoms with E-state index in [2.05, 4.69) is 0 Å². The minimum Gasteiger partial charge on any atom is -0.478 e. The lowest BCUT2D eigenvalue weighted by Crippen LogP contribution is -2.26. The first-order chi connectivity index (χ1) is 12.1. The van der Waals surface area contributed by atoms with Gasteiger partial charge in [-0.15, -0.1) is 0 Å². The monoisotopic (exact) mass is 486 g/mol. The average molecular weight is 486 g/mol. The second-order valence-corrected chi connectivity index (χ2v) is 10.0. The van der Waals surface area contributed by atoms with Gasteiger partial charge < -0.3 is 10.2 Å². The van der Waals surface area contributed by atoms with Crippen LogP contribution in [0.4, 0.5) is 0 Å². The summed E-state index contributed by atoms with van der Waals surface area (Å²) in [4.78, 5) is 12.3. The molecule has 0 aliphatic carbocycles. The van der Waals surface area contributed by atoms with Gasteiger partial charge in [0.1, 0.15) is 30.7 Å². The molecule has 1 rings (SSSR count). The van der Waals surface area contributed by atoms with E-state index in [0.29, 0.717) is 0 Å². The van der Waals surface area contributed by atoms with Gasteiger partial charge in [-0.2, -0.15) is 33.7 Å². The summed E-state index contributed by atoms with van der Waals surface area (Å²) in [7, 11) is -24.9. The summed E-state index contributed by atoms with van der Waals surface area (Å²) in [6.45, 7) is 0. The second kappa shape index (κ2) is 6.70. The van der Waals surface area contributed by atoms with Crippen LogP contribution in [0, 0.1) is 0 Å². The first-order valence-electron chi connectivity index (χ1n) is 5.74. The Balaban J connectivity index is 5.06.